The summed E-state index contributed by atoms with van der Waals surface area (Å²) in [5, 5.41) is 0. The summed E-state index contributed by atoms with van der Waals surface area (Å²) >= 11 is 5.03. The lowest BCUT2D eigenvalue weighted by atomic mass is 10.2. The SMILES string of the molecule is CCCCCc1cc(=S)cc(N)o1. The number of unbranched alkanes of at least 4 members (excludes halogenated alkanes) is 2. The summed E-state index contributed by atoms with van der Waals surface area (Å²) in [5.41, 5.74) is 5.53. The van der Waals surface area contributed by atoms with Gasteiger partial charge in [0.15, 0.2) is 5.88 Å². The van der Waals surface area contributed by atoms with Gasteiger partial charge >= 0.3 is 0 Å². The number of anilines is 1. The van der Waals surface area contributed by atoms with Gasteiger partial charge in [-0.25, -0.2) is 0 Å². The first-order valence-electron chi connectivity index (χ1n) is 4.62. The van der Waals surface area contributed by atoms with E-state index in [4.69, 9.17) is 22.4 Å². The van der Waals surface area contributed by atoms with Crippen LogP contribution in [0.4, 0.5) is 5.88 Å². The molecule has 0 fully saturated rings. The molecule has 2 N–H and O–H groups in total. The smallest absolute Gasteiger partial charge is 0.191 e. The molecule has 0 radical (unpaired) electrons. The topological polar surface area (TPSA) is 39.2 Å². The second-order valence-electron chi connectivity index (χ2n) is 3.12. The Morgan fingerprint density at radius 2 is 2.15 bits per heavy atom. The van der Waals surface area contributed by atoms with Gasteiger partial charge in [-0.15, -0.1) is 0 Å². The molecule has 0 saturated heterocycles. The number of nitrogens with two attached hydrogens (primary N) is 1. The van der Waals surface area contributed by atoms with Gasteiger partial charge in [0.05, 0.1) is 0 Å². The van der Waals surface area contributed by atoms with Gasteiger partial charge in [-0.05, 0) is 12.5 Å². The Bertz CT molecular complexity index is 319. The fraction of sp³-hybridized carbons (Fsp3) is 0.500. The third kappa shape index (κ3) is 3.59. The van der Waals surface area contributed by atoms with E-state index in [-0.39, 0.29) is 0 Å². The van der Waals surface area contributed by atoms with Gasteiger partial charge in [-0.2, -0.15) is 0 Å². The molecule has 0 aromatic carbocycles. The summed E-state index contributed by atoms with van der Waals surface area (Å²) in [7, 11) is 0. The van der Waals surface area contributed by atoms with E-state index < -0.39 is 0 Å². The van der Waals surface area contributed by atoms with Crippen LogP contribution in [-0.4, -0.2) is 0 Å². The maximum atomic E-state index is 5.53. The lowest BCUT2D eigenvalue weighted by molar-refractivity contribution is 0.497. The van der Waals surface area contributed by atoms with E-state index in [0.29, 0.717) is 5.88 Å². The van der Waals surface area contributed by atoms with Crippen molar-refractivity contribution < 1.29 is 4.42 Å². The van der Waals surface area contributed by atoms with Crippen LogP contribution in [0.25, 0.3) is 0 Å². The molecular weight excluding hydrogens is 182 g/mol. The Morgan fingerprint density at radius 1 is 1.38 bits per heavy atom. The summed E-state index contributed by atoms with van der Waals surface area (Å²) in [6.07, 6.45) is 4.50. The molecule has 2 nitrogen and oxygen atoms in total. The molecule has 0 aliphatic rings. The van der Waals surface area contributed by atoms with E-state index in [2.05, 4.69) is 6.92 Å². The van der Waals surface area contributed by atoms with E-state index in [1.165, 1.54) is 12.8 Å². The maximum absolute atomic E-state index is 5.53. The molecular formula is C10H15NOS. The van der Waals surface area contributed by atoms with Crippen LogP contribution in [0, 0.1) is 4.51 Å². The van der Waals surface area contributed by atoms with Gasteiger partial charge in [-0.3, -0.25) is 0 Å². The fourth-order valence-corrected chi connectivity index (χ4v) is 1.47. The minimum absolute atomic E-state index is 0.416. The van der Waals surface area contributed by atoms with Crippen LogP contribution >= 0.6 is 12.2 Å². The molecule has 1 rings (SSSR count). The molecule has 0 aliphatic heterocycles. The van der Waals surface area contributed by atoms with Gasteiger partial charge in [-0.1, -0.05) is 32.0 Å². The number of aryl methyl sites for hydroxylation is 1. The summed E-state index contributed by atoms with van der Waals surface area (Å²) in [6, 6.07) is 3.54. The quantitative estimate of drug-likeness (QED) is 0.594. The van der Waals surface area contributed by atoms with E-state index in [1.807, 2.05) is 6.07 Å². The largest absolute Gasteiger partial charge is 0.446 e. The van der Waals surface area contributed by atoms with Crippen molar-refractivity contribution in [2.75, 3.05) is 5.73 Å². The highest BCUT2D eigenvalue weighted by Crippen LogP contribution is 2.11. The Labute approximate surface area is 83.8 Å². The highest BCUT2D eigenvalue weighted by atomic mass is 32.1. The fourth-order valence-electron chi connectivity index (χ4n) is 1.22. The van der Waals surface area contributed by atoms with E-state index in [1.54, 1.807) is 6.07 Å². The lowest BCUT2D eigenvalue weighted by Crippen LogP contribution is -1.90. The molecule has 0 spiro atoms. The lowest BCUT2D eigenvalue weighted by Gasteiger charge is -2.00. The first-order valence-corrected chi connectivity index (χ1v) is 5.02. The molecule has 13 heavy (non-hydrogen) atoms. The first kappa shape index (κ1) is 10.3. The zero-order chi connectivity index (χ0) is 9.68. The normalized spacial score (nSPS) is 10.2. The highest BCUT2D eigenvalue weighted by molar-refractivity contribution is 7.71. The Kier molecular flexibility index (Phi) is 3.96. The average Bonchev–Trinajstić information content (AvgIpc) is 2.03. The third-order valence-electron chi connectivity index (χ3n) is 1.86. The van der Waals surface area contributed by atoms with Gasteiger partial charge in [0.2, 0.25) is 0 Å². The minimum atomic E-state index is 0.416. The maximum Gasteiger partial charge on any atom is 0.191 e. The first-order chi connectivity index (χ1) is 6.22. The molecule has 0 aliphatic carbocycles. The molecule has 0 atom stereocenters. The zero-order valence-corrected chi connectivity index (χ0v) is 8.69. The molecule has 1 heterocycles. The van der Waals surface area contributed by atoms with Crippen molar-refractivity contribution in [1.29, 1.82) is 0 Å². The molecule has 1 aromatic rings. The van der Waals surface area contributed by atoms with Crippen LogP contribution in [0.2, 0.25) is 0 Å². The molecule has 1 aromatic heterocycles. The summed E-state index contributed by atoms with van der Waals surface area (Å²) < 4.78 is 6.08. The second-order valence-corrected chi connectivity index (χ2v) is 3.59. The summed E-state index contributed by atoms with van der Waals surface area (Å²) in [4.78, 5) is 0. The van der Waals surface area contributed by atoms with Gasteiger partial charge < -0.3 is 10.2 Å². The molecule has 0 amide bonds. The van der Waals surface area contributed by atoms with Crippen LogP contribution in [0.15, 0.2) is 16.5 Å². The van der Waals surface area contributed by atoms with E-state index in [9.17, 15) is 0 Å². The Morgan fingerprint density at radius 3 is 2.77 bits per heavy atom. The molecule has 0 saturated carbocycles. The second kappa shape index (κ2) is 5.02. The highest BCUT2D eigenvalue weighted by Gasteiger charge is 1.97. The number of nitrogen functional groups attached to an aromatic ring is 1. The number of hydrogen-bond donors (Lipinski definition) is 1. The molecule has 0 unspecified atom stereocenters. The zero-order valence-electron chi connectivity index (χ0n) is 7.88. The predicted octanol–water partition coefficient (Wildman–Crippen LogP) is 3.32. The van der Waals surface area contributed by atoms with Crippen molar-refractivity contribution in [3.05, 3.63) is 22.4 Å². The summed E-state index contributed by atoms with van der Waals surface area (Å²) in [6.45, 7) is 2.18. The van der Waals surface area contributed by atoms with Gasteiger partial charge in [0, 0.05) is 17.0 Å². The third-order valence-corrected chi connectivity index (χ3v) is 2.10. The number of rotatable bonds is 4. The van der Waals surface area contributed by atoms with Crippen LogP contribution in [0.3, 0.4) is 0 Å². The Hall–Kier alpha value is -0.830. The van der Waals surface area contributed by atoms with Crippen molar-refractivity contribution in [2.24, 2.45) is 0 Å². The molecule has 0 bridgehead atoms. The van der Waals surface area contributed by atoms with Crippen molar-refractivity contribution in [2.45, 2.75) is 32.6 Å². The van der Waals surface area contributed by atoms with Crippen molar-refractivity contribution >= 4 is 18.1 Å². The average molecular weight is 197 g/mol. The van der Waals surface area contributed by atoms with E-state index in [0.717, 1.165) is 23.1 Å². The predicted molar refractivity (Wildman–Crippen MR) is 57.2 cm³/mol. The number of hydrogen-bond acceptors (Lipinski definition) is 3. The van der Waals surface area contributed by atoms with Crippen LogP contribution < -0.4 is 5.73 Å². The Balaban J connectivity index is 2.61. The van der Waals surface area contributed by atoms with Crippen LogP contribution in [0.1, 0.15) is 31.9 Å². The standard InChI is InChI=1S/C10H15NOS/c1-2-3-4-5-8-6-9(13)7-10(11)12-8/h6-7H,2-5,11H2,1H3. The summed E-state index contributed by atoms with van der Waals surface area (Å²) in [5.74, 6) is 1.32. The monoisotopic (exact) mass is 197 g/mol. The van der Waals surface area contributed by atoms with Crippen molar-refractivity contribution in [3.63, 3.8) is 0 Å². The van der Waals surface area contributed by atoms with E-state index >= 15 is 0 Å². The van der Waals surface area contributed by atoms with Gasteiger partial charge in [0.25, 0.3) is 0 Å². The minimum Gasteiger partial charge on any atom is -0.446 e. The van der Waals surface area contributed by atoms with Crippen molar-refractivity contribution in [3.8, 4) is 0 Å². The van der Waals surface area contributed by atoms with Gasteiger partial charge in [0.1, 0.15) is 5.76 Å². The van der Waals surface area contributed by atoms with Crippen LogP contribution in [0.5, 0.6) is 0 Å². The molecule has 72 valence electrons. The van der Waals surface area contributed by atoms with Crippen molar-refractivity contribution in [1.82, 2.24) is 0 Å². The molecule has 3 heteroatoms. The van der Waals surface area contributed by atoms with Crippen LogP contribution in [-0.2, 0) is 6.42 Å².